The van der Waals surface area contributed by atoms with Crippen molar-refractivity contribution in [3.63, 3.8) is 0 Å². The highest BCUT2D eigenvalue weighted by atomic mass is 16.5. The molecule has 0 bridgehead atoms. The average molecular weight is 324 g/mol. The molecule has 1 aliphatic rings. The van der Waals surface area contributed by atoms with Crippen molar-refractivity contribution >= 4 is 17.8 Å². The van der Waals surface area contributed by atoms with Gasteiger partial charge in [-0.2, -0.15) is 0 Å². The number of allylic oxidation sites excluding steroid dienone is 1. The predicted molar refractivity (Wildman–Crippen MR) is 88.4 cm³/mol. The van der Waals surface area contributed by atoms with E-state index in [0.29, 0.717) is 22.6 Å². The van der Waals surface area contributed by atoms with Crippen LogP contribution < -0.4 is 9.47 Å². The van der Waals surface area contributed by atoms with Crippen molar-refractivity contribution < 1.29 is 23.8 Å². The Bertz CT molecular complexity index is 847. The molecule has 1 aliphatic heterocycles. The zero-order valence-electron chi connectivity index (χ0n) is 13.6. The molecule has 24 heavy (non-hydrogen) atoms. The maximum Gasteiger partial charge on any atom is 0.337 e. The van der Waals surface area contributed by atoms with Gasteiger partial charge in [0.2, 0.25) is 5.78 Å². The van der Waals surface area contributed by atoms with Crippen LogP contribution in [0.25, 0.3) is 6.08 Å². The van der Waals surface area contributed by atoms with E-state index in [1.165, 1.54) is 7.11 Å². The number of hydrogen-bond acceptors (Lipinski definition) is 5. The molecule has 0 unspecified atom stereocenters. The SMILES string of the molecule is COC(=O)c1ccc(C=C2Oc3cc(OC)cc(C)c3C2=O)cc1. The Morgan fingerprint density at radius 2 is 1.83 bits per heavy atom. The molecule has 0 saturated heterocycles. The van der Waals surface area contributed by atoms with E-state index in [1.54, 1.807) is 49.6 Å². The molecule has 0 N–H and O–H groups in total. The lowest BCUT2D eigenvalue weighted by Gasteiger charge is -2.04. The van der Waals surface area contributed by atoms with E-state index in [0.717, 1.165) is 11.1 Å². The van der Waals surface area contributed by atoms with Crippen molar-refractivity contribution in [2.24, 2.45) is 0 Å². The summed E-state index contributed by atoms with van der Waals surface area (Å²) < 4.78 is 15.5. The molecule has 0 fully saturated rings. The van der Waals surface area contributed by atoms with Crippen molar-refractivity contribution in [2.45, 2.75) is 6.92 Å². The van der Waals surface area contributed by atoms with Crippen molar-refractivity contribution in [1.29, 1.82) is 0 Å². The molecule has 0 aromatic heterocycles. The lowest BCUT2D eigenvalue weighted by Crippen LogP contribution is -2.01. The molecule has 122 valence electrons. The van der Waals surface area contributed by atoms with E-state index in [-0.39, 0.29) is 11.5 Å². The highest BCUT2D eigenvalue weighted by Crippen LogP contribution is 2.37. The van der Waals surface area contributed by atoms with Crippen LogP contribution in [-0.2, 0) is 4.74 Å². The van der Waals surface area contributed by atoms with Gasteiger partial charge in [-0.05, 0) is 42.3 Å². The molecule has 0 atom stereocenters. The predicted octanol–water partition coefficient (Wildman–Crippen LogP) is 3.41. The summed E-state index contributed by atoms with van der Waals surface area (Å²) in [6, 6.07) is 10.2. The van der Waals surface area contributed by atoms with E-state index < -0.39 is 5.97 Å². The van der Waals surface area contributed by atoms with Gasteiger partial charge in [0.25, 0.3) is 0 Å². The molecule has 0 spiro atoms. The van der Waals surface area contributed by atoms with Gasteiger partial charge >= 0.3 is 5.97 Å². The van der Waals surface area contributed by atoms with E-state index in [2.05, 4.69) is 4.74 Å². The van der Waals surface area contributed by atoms with Crippen LogP contribution in [0.4, 0.5) is 0 Å². The molecule has 2 aromatic rings. The highest BCUT2D eigenvalue weighted by molar-refractivity contribution is 6.15. The number of carbonyl (C=O) groups is 2. The number of ketones is 1. The second-order valence-electron chi connectivity index (χ2n) is 5.37. The van der Waals surface area contributed by atoms with Crippen molar-refractivity contribution in [1.82, 2.24) is 0 Å². The molecule has 5 nitrogen and oxygen atoms in total. The molecule has 0 radical (unpaired) electrons. The van der Waals surface area contributed by atoms with Crippen LogP contribution in [0.1, 0.15) is 31.8 Å². The van der Waals surface area contributed by atoms with Crippen LogP contribution in [-0.4, -0.2) is 26.0 Å². The van der Waals surface area contributed by atoms with Crippen LogP contribution in [0.2, 0.25) is 0 Å². The normalized spacial score (nSPS) is 14.3. The summed E-state index contributed by atoms with van der Waals surface area (Å²) in [5, 5.41) is 0. The van der Waals surface area contributed by atoms with E-state index >= 15 is 0 Å². The van der Waals surface area contributed by atoms with Crippen LogP contribution in [0.5, 0.6) is 11.5 Å². The largest absolute Gasteiger partial charge is 0.497 e. The first-order valence-corrected chi connectivity index (χ1v) is 7.34. The average Bonchev–Trinajstić information content (AvgIpc) is 2.91. The van der Waals surface area contributed by atoms with Gasteiger partial charge in [-0.25, -0.2) is 4.79 Å². The third-order valence-corrected chi connectivity index (χ3v) is 3.81. The van der Waals surface area contributed by atoms with Crippen LogP contribution in [0, 0.1) is 6.92 Å². The molecule has 5 heteroatoms. The first kappa shape index (κ1) is 15.8. The number of hydrogen-bond donors (Lipinski definition) is 0. The lowest BCUT2D eigenvalue weighted by atomic mass is 10.0. The number of rotatable bonds is 3. The Labute approximate surface area is 139 Å². The zero-order valence-corrected chi connectivity index (χ0v) is 13.6. The minimum Gasteiger partial charge on any atom is -0.497 e. The van der Waals surface area contributed by atoms with Crippen LogP contribution >= 0.6 is 0 Å². The van der Waals surface area contributed by atoms with Gasteiger partial charge in [0.15, 0.2) is 5.76 Å². The summed E-state index contributed by atoms with van der Waals surface area (Å²) in [5.74, 6) is 0.809. The first-order valence-electron chi connectivity index (χ1n) is 7.34. The van der Waals surface area contributed by atoms with Crippen LogP contribution in [0.3, 0.4) is 0 Å². The number of Topliss-reactive ketones (excluding diaryl/α,β-unsaturated/α-hetero) is 1. The monoisotopic (exact) mass is 324 g/mol. The maximum absolute atomic E-state index is 12.5. The third kappa shape index (κ3) is 2.76. The number of methoxy groups -OCH3 is 2. The number of fused-ring (bicyclic) bond motifs is 1. The fourth-order valence-corrected chi connectivity index (χ4v) is 2.58. The van der Waals surface area contributed by atoms with Crippen molar-refractivity contribution in [3.05, 3.63) is 64.4 Å². The summed E-state index contributed by atoms with van der Waals surface area (Å²) in [4.78, 5) is 24.0. The second-order valence-corrected chi connectivity index (χ2v) is 5.37. The molecule has 0 aliphatic carbocycles. The molecular weight excluding hydrogens is 308 g/mol. The van der Waals surface area contributed by atoms with Gasteiger partial charge in [-0.1, -0.05) is 12.1 Å². The second kappa shape index (κ2) is 6.20. The summed E-state index contributed by atoms with van der Waals surface area (Å²) >= 11 is 0. The lowest BCUT2D eigenvalue weighted by molar-refractivity contribution is 0.0600. The summed E-state index contributed by atoms with van der Waals surface area (Å²) in [5.41, 5.74) is 2.55. The molecule has 0 amide bonds. The molecular formula is C19H16O5. The van der Waals surface area contributed by atoms with E-state index in [9.17, 15) is 9.59 Å². The van der Waals surface area contributed by atoms with Gasteiger partial charge < -0.3 is 14.2 Å². The third-order valence-electron chi connectivity index (χ3n) is 3.81. The van der Waals surface area contributed by atoms with Crippen LogP contribution in [0.15, 0.2) is 42.2 Å². The zero-order chi connectivity index (χ0) is 17.3. The fraction of sp³-hybridized carbons (Fsp3) is 0.158. The molecule has 0 saturated carbocycles. The fourth-order valence-electron chi connectivity index (χ4n) is 2.58. The Kier molecular flexibility index (Phi) is 4.08. The molecule has 3 rings (SSSR count). The standard InChI is InChI=1S/C19H16O5/c1-11-8-14(22-2)10-15-17(11)18(20)16(24-15)9-12-4-6-13(7-5-12)19(21)23-3/h4-10H,1-3H3. The number of aryl methyl sites for hydroxylation is 1. The summed E-state index contributed by atoms with van der Waals surface area (Å²) in [6.07, 6.45) is 1.65. The van der Waals surface area contributed by atoms with Crippen molar-refractivity contribution in [3.8, 4) is 11.5 Å². The quantitative estimate of drug-likeness (QED) is 0.639. The van der Waals surface area contributed by atoms with Gasteiger partial charge in [0.1, 0.15) is 11.5 Å². The molecule has 1 heterocycles. The smallest absolute Gasteiger partial charge is 0.337 e. The Morgan fingerprint density at radius 3 is 2.46 bits per heavy atom. The number of ether oxygens (including phenoxy) is 3. The maximum atomic E-state index is 12.5. The van der Waals surface area contributed by atoms with E-state index in [4.69, 9.17) is 9.47 Å². The van der Waals surface area contributed by atoms with Crippen molar-refractivity contribution in [2.75, 3.05) is 14.2 Å². The topological polar surface area (TPSA) is 61.8 Å². The minimum absolute atomic E-state index is 0.165. The summed E-state index contributed by atoms with van der Waals surface area (Å²) in [7, 11) is 2.90. The molecule has 2 aromatic carbocycles. The van der Waals surface area contributed by atoms with Gasteiger partial charge in [-0.3, -0.25) is 4.79 Å². The Hall–Kier alpha value is -3.08. The first-order chi connectivity index (χ1) is 11.5. The Balaban J connectivity index is 1.91. The Morgan fingerprint density at radius 1 is 1.12 bits per heavy atom. The minimum atomic E-state index is -0.405. The highest BCUT2D eigenvalue weighted by Gasteiger charge is 2.29. The van der Waals surface area contributed by atoms with E-state index in [1.807, 2.05) is 6.92 Å². The van der Waals surface area contributed by atoms with Gasteiger partial charge in [0.05, 0.1) is 25.3 Å². The summed E-state index contributed by atoms with van der Waals surface area (Å²) in [6.45, 7) is 1.84. The van der Waals surface area contributed by atoms with Gasteiger partial charge in [0, 0.05) is 6.07 Å². The number of carbonyl (C=O) groups excluding carboxylic acids is 2. The number of esters is 1. The van der Waals surface area contributed by atoms with Gasteiger partial charge in [-0.15, -0.1) is 0 Å². The number of benzene rings is 2.